The van der Waals surface area contributed by atoms with Crippen LogP contribution in [-0.4, -0.2) is 11.0 Å². The molecular weight excluding hydrogens is 269 g/mol. The number of halogens is 2. The van der Waals surface area contributed by atoms with E-state index >= 15 is 0 Å². The summed E-state index contributed by atoms with van der Waals surface area (Å²) in [6.07, 6.45) is 1.53. The molecule has 2 aromatic rings. The van der Waals surface area contributed by atoms with Gasteiger partial charge in [-0.2, -0.15) is 0 Å². The van der Waals surface area contributed by atoms with E-state index in [1.165, 1.54) is 6.21 Å². The number of nitrogens with zero attached hydrogens (tertiary/aromatic N) is 1. The van der Waals surface area contributed by atoms with E-state index in [0.29, 0.717) is 16.6 Å². The van der Waals surface area contributed by atoms with Crippen molar-refractivity contribution in [2.75, 3.05) is 0 Å². The van der Waals surface area contributed by atoms with E-state index in [2.05, 4.69) is 0 Å². The van der Waals surface area contributed by atoms with E-state index in [4.69, 9.17) is 23.2 Å². The smallest absolute Gasteiger partial charge is 0.182 e. The number of rotatable bonds is 3. The van der Waals surface area contributed by atoms with Crippen LogP contribution in [0.2, 0.25) is 10.0 Å². The summed E-state index contributed by atoms with van der Waals surface area (Å²) in [5, 5.41) is 13.1. The highest BCUT2D eigenvalue weighted by molar-refractivity contribution is 6.30. The van der Waals surface area contributed by atoms with Crippen LogP contribution in [0, 0.1) is 5.21 Å². The van der Waals surface area contributed by atoms with E-state index in [9.17, 15) is 5.21 Å². The standard InChI is InChI=1S/C14H11Cl2NO/c15-13-5-1-11(2-6-13)9-17(18)10-12-3-7-14(16)8-4-12/h1-9H,10H2/b17-9-. The average Bonchev–Trinajstić information content (AvgIpc) is 2.35. The molecule has 0 spiro atoms. The third-order valence-electron chi connectivity index (χ3n) is 2.41. The topological polar surface area (TPSA) is 26.1 Å². The quantitative estimate of drug-likeness (QED) is 0.359. The molecule has 0 aliphatic heterocycles. The van der Waals surface area contributed by atoms with Crippen LogP contribution in [0.25, 0.3) is 0 Å². The molecule has 0 heterocycles. The van der Waals surface area contributed by atoms with E-state index in [0.717, 1.165) is 15.9 Å². The Kier molecular flexibility index (Phi) is 4.24. The summed E-state index contributed by atoms with van der Waals surface area (Å²) in [5.41, 5.74) is 1.74. The van der Waals surface area contributed by atoms with Crippen molar-refractivity contribution in [2.24, 2.45) is 0 Å². The predicted octanol–water partition coefficient (Wildman–Crippen LogP) is 4.12. The minimum Gasteiger partial charge on any atom is -0.624 e. The molecule has 92 valence electrons. The molecule has 0 fully saturated rings. The minimum atomic E-state index is 0.291. The Morgan fingerprint density at radius 1 is 0.889 bits per heavy atom. The second kappa shape index (κ2) is 5.89. The Balaban J connectivity index is 2.09. The van der Waals surface area contributed by atoms with Crippen LogP contribution in [-0.2, 0) is 6.54 Å². The highest BCUT2D eigenvalue weighted by Crippen LogP contribution is 2.11. The van der Waals surface area contributed by atoms with Gasteiger partial charge in [0.1, 0.15) is 0 Å². The number of hydroxylamine groups is 1. The second-order valence-electron chi connectivity index (χ2n) is 3.88. The maximum atomic E-state index is 11.7. The molecule has 0 unspecified atom stereocenters. The molecule has 0 radical (unpaired) electrons. The van der Waals surface area contributed by atoms with Gasteiger partial charge in [0, 0.05) is 21.2 Å². The third kappa shape index (κ3) is 3.76. The van der Waals surface area contributed by atoms with Crippen LogP contribution in [0.5, 0.6) is 0 Å². The molecule has 0 aliphatic carbocycles. The van der Waals surface area contributed by atoms with Gasteiger partial charge in [-0.25, -0.2) is 4.74 Å². The summed E-state index contributed by atoms with van der Waals surface area (Å²) >= 11 is 11.6. The Morgan fingerprint density at radius 3 is 1.94 bits per heavy atom. The van der Waals surface area contributed by atoms with Gasteiger partial charge in [-0.1, -0.05) is 35.3 Å². The Bertz CT molecular complexity index is 547. The zero-order valence-electron chi connectivity index (χ0n) is 9.51. The maximum absolute atomic E-state index is 11.7. The zero-order valence-corrected chi connectivity index (χ0v) is 11.0. The largest absolute Gasteiger partial charge is 0.624 e. The lowest BCUT2D eigenvalue weighted by Gasteiger charge is -2.04. The normalized spacial score (nSPS) is 11.6. The predicted molar refractivity (Wildman–Crippen MR) is 75.4 cm³/mol. The molecule has 0 saturated heterocycles. The first kappa shape index (κ1) is 12.9. The van der Waals surface area contributed by atoms with Crippen molar-refractivity contribution in [3.63, 3.8) is 0 Å². The van der Waals surface area contributed by atoms with Gasteiger partial charge >= 0.3 is 0 Å². The van der Waals surface area contributed by atoms with Crippen molar-refractivity contribution in [3.05, 3.63) is 74.9 Å². The van der Waals surface area contributed by atoms with Crippen molar-refractivity contribution in [3.8, 4) is 0 Å². The molecule has 0 N–H and O–H groups in total. The molecule has 0 bridgehead atoms. The molecule has 2 rings (SSSR count). The first-order chi connectivity index (χ1) is 8.63. The van der Waals surface area contributed by atoms with Crippen molar-refractivity contribution < 1.29 is 4.74 Å². The SMILES string of the molecule is [O-]/[N+](=C\c1ccc(Cl)cc1)Cc1ccc(Cl)cc1. The van der Waals surface area contributed by atoms with E-state index in [1.54, 1.807) is 36.4 Å². The Morgan fingerprint density at radius 2 is 1.39 bits per heavy atom. The first-order valence-electron chi connectivity index (χ1n) is 5.42. The summed E-state index contributed by atoms with van der Waals surface area (Å²) in [4.78, 5) is 0. The molecule has 0 saturated carbocycles. The number of hydrogen-bond donors (Lipinski definition) is 0. The number of benzene rings is 2. The summed E-state index contributed by atoms with van der Waals surface area (Å²) in [6, 6.07) is 14.3. The first-order valence-corrected chi connectivity index (χ1v) is 6.18. The van der Waals surface area contributed by atoms with E-state index in [-0.39, 0.29) is 0 Å². The van der Waals surface area contributed by atoms with Gasteiger partial charge in [0.25, 0.3) is 0 Å². The van der Waals surface area contributed by atoms with E-state index in [1.807, 2.05) is 12.1 Å². The summed E-state index contributed by atoms with van der Waals surface area (Å²) in [5.74, 6) is 0. The van der Waals surface area contributed by atoms with E-state index < -0.39 is 0 Å². The molecule has 2 aromatic carbocycles. The summed E-state index contributed by atoms with van der Waals surface area (Å²) < 4.78 is 0.881. The van der Waals surface area contributed by atoms with Gasteiger partial charge in [-0.05, 0) is 36.4 Å². The fourth-order valence-electron chi connectivity index (χ4n) is 1.53. The Hall–Kier alpha value is -1.51. The average molecular weight is 280 g/mol. The van der Waals surface area contributed by atoms with Gasteiger partial charge in [0.15, 0.2) is 12.8 Å². The molecule has 0 aromatic heterocycles. The fraction of sp³-hybridized carbons (Fsp3) is 0.0714. The monoisotopic (exact) mass is 279 g/mol. The van der Waals surface area contributed by atoms with Gasteiger partial charge < -0.3 is 5.21 Å². The molecule has 2 nitrogen and oxygen atoms in total. The lowest BCUT2D eigenvalue weighted by molar-refractivity contribution is -0.469. The van der Waals surface area contributed by atoms with Crippen molar-refractivity contribution in [1.29, 1.82) is 0 Å². The molecule has 0 amide bonds. The molecule has 4 heteroatoms. The highest BCUT2D eigenvalue weighted by Gasteiger charge is 1.99. The van der Waals surface area contributed by atoms with Crippen LogP contribution < -0.4 is 0 Å². The third-order valence-corrected chi connectivity index (χ3v) is 2.92. The molecule has 0 aliphatic rings. The highest BCUT2D eigenvalue weighted by atomic mass is 35.5. The Labute approximate surface area is 116 Å². The van der Waals surface area contributed by atoms with Crippen LogP contribution in [0.3, 0.4) is 0 Å². The second-order valence-corrected chi connectivity index (χ2v) is 4.76. The lowest BCUT2D eigenvalue weighted by atomic mass is 10.2. The lowest BCUT2D eigenvalue weighted by Crippen LogP contribution is -2.05. The maximum Gasteiger partial charge on any atom is 0.182 e. The molecule has 18 heavy (non-hydrogen) atoms. The van der Waals surface area contributed by atoms with Crippen LogP contribution in [0.1, 0.15) is 11.1 Å². The van der Waals surface area contributed by atoms with Crippen LogP contribution in [0.4, 0.5) is 0 Å². The van der Waals surface area contributed by atoms with Crippen molar-refractivity contribution in [1.82, 2.24) is 0 Å². The van der Waals surface area contributed by atoms with Crippen molar-refractivity contribution in [2.45, 2.75) is 6.54 Å². The van der Waals surface area contributed by atoms with Gasteiger partial charge in [-0.3, -0.25) is 0 Å². The zero-order chi connectivity index (χ0) is 13.0. The van der Waals surface area contributed by atoms with Crippen LogP contribution in [0.15, 0.2) is 48.5 Å². The van der Waals surface area contributed by atoms with Gasteiger partial charge in [-0.15, -0.1) is 0 Å². The number of hydrogen-bond acceptors (Lipinski definition) is 1. The summed E-state index contributed by atoms with van der Waals surface area (Å²) in [6.45, 7) is 0.291. The van der Waals surface area contributed by atoms with Crippen LogP contribution >= 0.6 is 23.2 Å². The van der Waals surface area contributed by atoms with Gasteiger partial charge in [0.05, 0.1) is 0 Å². The minimum absolute atomic E-state index is 0.291. The summed E-state index contributed by atoms with van der Waals surface area (Å²) in [7, 11) is 0. The van der Waals surface area contributed by atoms with Gasteiger partial charge in [0.2, 0.25) is 0 Å². The fourth-order valence-corrected chi connectivity index (χ4v) is 1.78. The van der Waals surface area contributed by atoms with Crippen molar-refractivity contribution >= 4 is 29.4 Å². The molecular formula is C14H11Cl2NO. The molecule has 0 atom stereocenters.